The minimum atomic E-state index is -0.276. The van der Waals surface area contributed by atoms with E-state index in [4.69, 9.17) is 4.52 Å². The predicted octanol–water partition coefficient (Wildman–Crippen LogP) is 3.66. The highest BCUT2D eigenvalue weighted by atomic mass is 16.5. The third-order valence-corrected chi connectivity index (χ3v) is 6.04. The molecule has 4 rings (SSSR count). The van der Waals surface area contributed by atoms with Crippen molar-refractivity contribution in [3.63, 3.8) is 0 Å². The highest BCUT2D eigenvalue weighted by Gasteiger charge is 2.31. The molecule has 1 aromatic carbocycles. The van der Waals surface area contributed by atoms with Crippen molar-refractivity contribution in [2.45, 2.75) is 51.5 Å². The molecule has 1 unspecified atom stereocenters. The van der Waals surface area contributed by atoms with Crippen LogP contribution in [-0.4, -0.2) is 44.7 Å². The number of carbonyl (C=O) groups excluding carboxylic acids is 2. The molecule has 0 radical (unpaired) electrons. The van der Waals surface area contributed by atoms with E-state index in [9.17, 15) is 9.59 Å². The topological polar surface area (TPSA) is 93.3 Å². The molecule has 1 aliphatic heterocycles. The highest BCUT2D eigenvalue weighted by molar-refractivity contribution is 5.93. The Hall–Kier alpha value is -3.42. The summed E-state index contributed by atoms with van der Waals surface area (Å²) in [4.78, 5) is 27.6. The van der Waals surface area contributed by atoms with Crippen LogP contribution in [0.25, 0.3) is 0 Å². The lowest BCUT2D eigenvalue weighted by atomic mass is 9.92. The Labute approximate surface area is 193 Å². The summed E-state index contributed by atoms with van der Waals surface area (Å²) in [5.74, 6) is 0.326. The molecule has 8 heteroatoms. The molecule has 33 heavy (non-hydrogen) atoms. The molecule has 1 atom stereocenters. The summed E-state index contributed by atoms with van der Waals surface area (Å²) in [5, 5.41) is 11.4. The van der Waals surface area contributed by atoms with Crippen LogP contribution in [0.15, 0.2) is 47.0 Å². The lowest BCUT2D eigenvalue weighted by Gasteiger charge is -2.31. The van der Waals surface area contributed by atoms with E-state index in [0.29, 0.717) is 31.1 Å². The summed E-state index contributed by atoms with van der Waals surface area (Å²) >= 11 is 0. The molecule has 1 fully saturated rings. The first-order valence-electron chi connectivity index (χ1n) is 11.3. The van der Waals surface area contributed by atoms with Crippen LogP contribution in [0.4, 0.5) is 0 Å². The average molecular weight is 450 g/mol. The lowest BCUT2D eigenvalue weighted by molar-refractivity contribution is 0.0686. The van der Waals surface area contributed by atoms with Gasteiger partial charge in [0.1, 0.15) is 11.5 Å². The molecule has 174 valence electrons. The Morgan fingerprint density at radius 2 is 1.94 bits per heavy atom. The van der Waals surface area contributed by atoms with Crippen LogP contribution >= 0.6 is 0 Å². The second kappa shape index (κ2) is 9.21. The summed E-state index contributed by atoms with van der Waals surface area (Å²) < 4.78 is 7.18. The van der Waals surface area contributed by atoms with Gasteiger partial charge in [-0.2, -0.15) is 5.10 Å². The number of benzene rings is 1. The zero-order chi connectivity index (χ0) is 23.6. The zero-order valence-corrected chi connectivity index (χ0v) is 19.7. The summed E-state index contributed by atoms with van der Waals surface area (Å²) in [5.41, 5.74) is 2.62. The van der Waals surface area contributed by atoms with Gasteiger partial charge in [0, 0.05) is 44.1 Å². The van der Waals surface area contributed by atoms with Crippen molar-refractivity contribution in [1.29, 1.82) is 0 Å². The van der Waals surface area contributed by atoms with Gasteiger partial charge in [0.15, 0.2) is 5.69 Å². The van der Waals surface area contributed by atoms with Crippen LogP contribution in [0.5, 0.6) is 0 Å². The van der Waals surface area contributed by atoms with Gasteiger partial charge in [-0.15, -0.1) is 0 Å². The average Bonchev–Trinajstić information content (AvgIpc) is 3.45. The van der Waals surface area contributed by atoms with Gasteiger partial charge >= 0.3 is 0 Å². The Morgan fingerprint density at radius 1 is 1.18 bits per heavy atom. The van der Waals surface area contributed by atoms with Crippen molar-refractivity contribution in [3.05, 3.63) is 70.9 Å². The number of aromatic nitrogens is 3. The van der Waals surface area contributed by atoms with Gasteiger partial charge in [-0.25, -0.2) is 0 Å². The minimum Gasteiger partial charge on any atom is -0.360 e. The van der Waals surface area contributed by atoms with E-state index in [2.05, 4.69) is 36.3 Å². The number of amides is 2. The normalized spacial score (nSPS) is 16.6. The summed E-state index contributed by atoms with van der Waals surface area (Å²) in [6, 6.07) is 13.3. The van der Waals surface area contributed by atoms with Gasteiger partial charge in [0.2, 0.25) is 0 Å². The molecule has 0 saturated carbocycles. The maximum Gasteiger partial charge on any atom is 0.273 e. The minimum absolute atomic E-state index is 0.00110. The molecule has 8 nitrogen and oxygen atoms in total. The van der Waals surface area contributed by atoms with Crippen molar-refractivity contribution in [2.75, 3.05) is 13.1 Å². The molecular weight excluding hydrogens is 418 g/mol. The summed E-state index contributed by atoms with van der Waals surface area (Å²) in [6.45, 7) is 7.88. The molecular formula is C25H31N5O3. The van der Waals surface area contributed by atoms with Gasteiger partial charge in [-0.05, 0) is 24.5 Å². The molecule has 3 heterocycles. The van der Waals surface area contributed by atoms with Crippen LogP contribution < -0.4 is 5.32 Å². The van der Waals surface area contributed by atoms with E-state index in [0.717, 1.165) is 24.1 Å². The van der Waals surface area contributed by atoms with E-state index >= 15 is 0 Å². The number of likely N-dealkylation sites (tertiary alicyclic amines) is 1. The number of nitrogens with zero attached hydrogens (tertiary/aromatic N) is 4. The second-order valence-corrected chi connectivity index (χ2v) is 9.66. The third-order valence-electron chi connectivity index (χ3n) is 6.04. The first-order valence-corrected chi connectivity index (χ1v) is 11.3. The number of nitrogens with one attached hydrogen (secondary N) is 1. The first-order chi connectivity index (χ1) is 15.7. The number of aryl methyl sites for hydroxylation is 1. The molecule has 2 amide bonds. The first kappa shape index (κ1) is 22.8. The van der Waals surface area contributed by atoms with E-state index in [1.807, 2.05) is 41.3 Å². The lowest BCUT2D eigenvalue weighted by Crippen LogP contribution is -2.39. The summed E-state index contributed by atoms with van der Waals surface area (Å²) in [7, 11) is 1.81. The smallest absolute Gasteiger partial charge is 0.273 e. The number of hydrogen-bond acceptors (Lipinski definition) is 5. The van der Waals surface area contributed by atoms with Crippen LogP contribution in [0.2, 0.25) is 0 Å². The van der Waals surface area contributed by atoms with Crippen molar-refractivity contribution in [2.24, 2.45) is 7.05 Å². The largest absolute Gasteiger partial charge is 0.360 e. The Balaban J connectivity index is 1.41. The second-order valence-electron chi connectivity index (χ2n) is 9.66. The number of hydrogen-bond donors (Lipinski definition) is 1. The van der Waals surface area contributed by atoms with E-state index < -0.39 is 0 Å². The zero-order valence-electron chi connectivity index (χ0n) is 19.7. The fourth-order valence-corrected chi connectivity index (χ4v) is 4.05. The van der Waals surface area contributed by atoms with Crippen molar-refractivity contribution >= 4 is 11.8 Å². The van der Waals surface area contributed by atoms with Gasteiger partial charge in [-0.3, -0.25) is 14.3 Å². The van der Waals surface area contributed by atoms with E-state index in [-0.39, 0.29) is 28.8 Å². The van der Waals surface area contributed by atoms with Crippen LogP contribution in [0.3, 0.4) is 0 Å². The fraction of sp³-hybridized carbons (Fsp3) is 0.440. The van der Waals surface area contributed by atoms with Gasteiger partial charge < -0.3 is 14.7 Å². The van der Waals surface area contributed by atoms with Crippen molar-refractivity contribution < 1.29 is 14.1 Å². The van der Waals surface area contributed by atoms with Gasteiger partial charge in [0.25, 0.3) is 11.8 Å². The molecule has 2 aromatic heterocycles. The molecule has 0 aliphatic carbocycles. The molecule has 0 bridgehead atoms. The maximum absolute atomic E-state index is 13.2. The Morgan fingerprint density at radius 3 is 2.64 bits per heavy atom. The Bertz CT molecular complexity index is 1130. The van der Waals surface area contributed by atoms with Crippen molar-refractivity contribution in [3.8, 4) is 0 Å². The predicted molar refractivity (Wildman–Crippen MR) is 124 cm³/mol. The molecule has 3 aromatic rings. The van der Waals surface area contributed by atoms with Gasteiger partial charge in [0.05, 0.1) is 5.69 Å². The molecule has 1 N–H and O–H groups in total. The monoisotopic (exact) mass is 449 g/mol. The quantitative estimate of drug-likeness (QED) is 0.642. The fourth-order valence-electron chi connectivity index (χ4n) is 4.05. The number of carbonyl (C=O) groups is 2. The third kappa shape index (κ3) is 5.16. The molecule has 1 saturated heterocycles. The number of rotatable bonds is 5. The SMILES string of the molecule is Cn1nc(C(C)(C)C)cc1C(=O)N1CCCC(c2cc(C(=O)NCc3ccccc3)no2)C1. The highest BCUT2D eigenvalue weighted by Crippen LogP contribution is 2.29. The van der Waals surface area contributed by atoms with Crippen LogP contribution in [0.1, 0.15) is 77.5 Å². The van der Waals surface area contributed by atoms with Crippen molar-refractivity contribution in [1.82, 2.24) is 25.2 Å². The van der Waals surface area contributed by atoms with Gasteiger partial charge in [-0.1, -0.05) is 56.3 Å². The van der Waals surface area contributed by atoms with E-state index in [1.54, 1.807) is 17.8 Å². The standard InChI is InChI=1S/C25H31N5O3/c1-25(2,3)22-14-20(29(4)27-22)24(32)30-12-8-11-18(16-30)21-13-19(28-33-21)23(31)26-15-17-9-6-5-7-10-17/h5-7,9-10,13-14,18H,8,11-12,15-16H2,1-4H3,(H,26,31). The van der Waals surface area contributed by atoms with E-state index in [1.165, 1.54) is 0 Å². The maximum atomic E-state index is 13.2. The van der Waals surface area contributed by atoms with Crippen LogP contribution in [0, 0.1) is 0 Å². The van der Waals surface area contributed by atoms with Crippen LogP contribution in [-0.2, 0) is 19.0 Å². The molecule has 1 aliphatic rings. The summed E-state index contributed by atoms with van der Waals surface area (Å²) in [6.07, 6.45) is 1.74. The number of piperidine rings is 1. The Kier molecular flexibility index (Phi) is 6.35. The molecule has 0 spiro atoms.